The van der Waals surface area contributed by atoms with Gasteiger partial charge in [-0.05, 0) is 12.1 Å². The van der Waals surface area contributed by atoms with E-state index >= 15 is 0 Å². The summed E-state index contributed by atoms with van der Waals surface area (Å²) in [6.07, 6.45) is 1.84. The number of anilines is 1. The average Bonchev–Trinajstić information content (AvgIpc) is 2.43. The first kappa shape index (κ1) is 12.8. The lowest BCUT2D eigenvalue weighted by molar-refractivity contribution is 0.205. The molecule has 0 unspecified atom stereocenters. The van der Waals surface area contributed by atoms with Crippen LogP contribution in [0.2, 0.25) is 0 Å². The highest BCUT2D eigenvalue weighted by atomic mass is 16.5. The van der Waals surface area contributed by atoms with Gasteiger partial charge in [-0.3, -0.25) is 4.98 Å². The highest BCUT2D eigenvalue weighted by molar-refractivity contribution is 5.91. The summed E-state index contributed by atoms with van der Waals surface area (Å²) in [7, 11) is 1.71. The normalized spacial score (nSPS) is 10.8. The van der Waals surface area contributed by atoms with Crippen LogP contribution in [0.4, 0.5) is 5.69 Å². The third-order valence-corrected chi connectivity index (χ3v) is 2.93. The fraction of sp³-hybridized carbons (Fsp3) is 0.357. The maximum Gasteiger partial charge on any atom is 0.0722 e. The van der Waals surface area contributed by atoms with Crippen LogP contribution in [0.5, 0.6) is 0 Å². The number of aromatic nitrogens is 1. The van der Waals surface area contributed by atoms with E-state index in [9.17, 15) is 0 Å². The van der Waals surface area contributed by atoms with E-state index in [1.807, 2.05) is 30.5 Å². The second kappa shape index (κ2) is 6.33. The van der Waals surface area contributed by atoms with Gasteiger partial charge in [0.05, 0.1) is 12.1 Å². The molecular formula is C14H19N3O. The zero-order chi connectivity index (χ0) is 12.8. The summed E-state index contributed by atoms with van der Waals surface area (Å²) in [5.74, 6) is 0. The predicted molar refractivity (Wildman–Crippen MR) is 74.9 cm³/mol. The molecule has 0 saturated carbocycles. The minimum Gasteiger partial charge on any atom is -0.383 e. The molecule has 4 heteroatoms. The molecule has 1 aromatic heterocycles. The van der Waals surface area contributed by atoms with Gasteiger partial charge in [0.1, 0.15) is 0 Å². The van der Waals surface area contributed by atoms with Crippen molar-refractivity contribution in [3.63, 3.8) is 0 Å². The van der Waals surface area contributed by atoms with E-state index in [0.29, 0.717) is 13.2 Å². The molecule has 2 N–H and O–H groups in total. The summed E-state index contributed by atoms with van der Waals surface area (Å²) in [4.78, 5) is 6.62. The van der Waals surface area contributed by atoms with Gasteiger partial charge in [0.2, 0.25) is 0 Å². The zero-order valence-electron chi connectivity index (χ0n) is 10.7. The Morgan fingerprint density at radius 2 is 2.06 bits per heavy atom. The second-order valence-electron chi connectivity index (χ2n) is 4.12. The third kappa shape index (κ3) is 2.78. The quantitative estimate of drug-likeness (QED) is 0.840. The first-order chi connectivity index (χ1) is 8.86. The maximum absolute atomic E-state index is 5.68. The van der Waals surface area contributed by atoms with Gasteiger partial charge in [-0.25, -0.2) is 0 Å². The lowest BCUT2D eigenvalue weighted by Gasteiger charge is -2.25. The van der Waals surface area contributed by atoms with E-state index in [1.165, 1.54) is 5.69 Å². The fourth-order valence-electron chi connectivity index (χ4n) is 2.07. The van der Waals surface area contributed by atoms with Crippen LogP contribution in [0.3, 0.4) is 0 Å². The molecule has 96 valence electrons. The maximum atomic E-state index is 5.68. The Balaban J connectivity index is 2.36. The van der Waals surface area contributed by atoms with Crippen molar-refractivity contribution in [2.45, 2.75) is 0 Å². The number of ether oxygens (including phenoxy) is 1. The molecule has 2 rings (SSSR count). The molecule has 0 radical (unpaired) electrons. The first-order valence-electron chi connectivity index (χ1n) is 6.14. The monoisotopic (exact) mass is 245 g/mol. The standard InChI is InChI=1S/C14H19N3O/c1-18-11-10-17(9-7-15)14-6-8-16-13-5-3-2-4-12(13)14/h2-6,8H,7,9-11,15H2,1H3. The Kier molecular flexibility index (Phi) is 4.50. The Morgan fingerprint density at radius 1 is 1.22 bits per heavy atom. The number of rotatable bonds is 6. The number of fused-ring (bicyclic) bond motifs is 1. The summed E-state index contributed by atoms with van der Waals surface area (Å²) < 4.78 is 5.15. The molecule has 0 atom stereocenters. The minimum atomic E-state index is 0.625. The van der Waals surface area contributed by atoms with Gasteiger partial charge in [0.25, 0.3) is 0 Å². The molecule has 0 bridgehead atoms. The van der Waals surface area contributed by atoms with Crippen LogP contribution in [-0.2, 0) is 4.74 Å². The summed E-state index contributed by atoms with van der Waals surface area (Å²) >= 11 is 0. The van der Waals surface area contributed by atoms with Crippen LogP contribution < -0.4 is 10.6 Å². The van der Waals surface area contributed by atoms with E-state index in [4.69, 9.17) is 10.5 Å². The van der Waals surface area contributed by atoms with Gasteiger partial charge in [-0.15, -0.1) is 0 Å². The van der Waals surface area contributed by atoms with E-state index in [1.54, 1.807) is 7.11 Å². The minimum absolute atomic E-state index is 0.625. The van der Waals surface area contributed by atoms with Crippen LogP contribution in [-0.4, -0.2) is 38.3 Å². The molecule has 2 aromatic rings. The molecule has 1 heterocycles. The Labute approximate surface area is 107 Å². The van der Waals surface area contributed by atoms with E-state index in [-0.39, 0.29) is 0 Å². The Hall–Kier alpha value is -1.65. The second-order valence-corrected chi connectivity index (χ2v) is 4.12. The molecule has 0 aliphatic carbocycles. The number of para-hydroxylation sites is 1. The van der Waals surface area contributed by atoms with Crippen molar-refractivity contribution in [3.8, 4) is 0 Å². The van der Waals surface area contributed by atoms with Crippen LogP contribution >= 0.6 is 0 Å². The van der Waals surface area contributed by atoms with Crippen LogP contribution in [0, 0.1) is 0 Å². The SMILES string of the molecule is COCCN(CCN)c1ccnc2ccccc12. The van der Waals surface area contributed by atoms with Gasteiger partial charge in [-0.1, -0.05) is 18.2 Å². The number of hydrogen-bond donors (Lipinski definition) is 1. The molecule has 0 fully saturated rings. The average molecular weight is 245 g/mol. The largest absolute Gasteiger partial charge is 0.383 e. The van der Waals surface area contributed by atoms with Gasteiger partial charge >= 0.3 is 0 Å². The first-order valence-corrected chi connectivity index (χ1v) is 6.14. The van der Waals surface area contributed by atoms with Crippen LogP contribution in [0.25, 0.3) is 10.9 Å². The highest BCUT2D eigenvalue weighted by Gasteiger charge is 2.09. The van der Waals surface area contributed by atoms with Crippen molar-refractivity contribution in [3.05, 3.63) is 36.5 Å². The van der Waals surface area contributed by atoms with Crippen molar-refractivity contribution >= 4 is 16.6 Å². The molecule has 0 amide bonds. The van der Waals surface area contributed by atoms with Crippen molar-refractivity contribution in [1.29, 1.82) is 0 Å². The molecule has 0 saturated heterocycles. The van der Waals surface area contributed by atoms with Gasteiger partial charge in [-0.2, -0.15) is 0 Å². The van der Waals surface area contributed by atoms with E-state index < -0.39 is 0 Å². The van der Waals surface area contributed by atoms with Crippen molar-refractivity contribution in [2.75, 3.05) is 38.3 Å². The summed E-state index contributed by atoms with van der Waals surface area (Å²) in [5, 5.41) is 1.16. The molecular weight excluding hydrogens is 226 g/mol. The smallest absolute Gasteiger partial charge is 0.0722 e. The summed E-state index contributed by atoms with van der Waals surface area (Å²) in [6.45, 7) is 2.97. The Bertz CT molecular complexity index is 496. The third-order valence-electron chi connectivity index (χ3n) is 2.93. The summed E-state index contributed by atoms with van der Waals surface area (Å²) in [5.41, 5.74) is 7.86. The lowest BCUT2D eigenvalue weighted by Crippen LogP contribution is -2.32. The highest BCUT2D eigenvalue weighted by Crippen LogP contribution is 2.24. The number of methoxy groups -OCH3 is 1. The van der Waals surface area contributed by atoms with Crippen molar-refractivity contribution in [1.82, 2.24) is 4.98 Å². The van der Waals surface area contributed by atoms with Gasteiger partial charge in [0, 0.05) is 44.0 Å². The van der Waals surface area contributed by atoms with E-state index in [2.05, 4.69) is 16.0 Å². The lowest BCUT2D eigenvalue weighted by atomic mass is 10.1. The molecule has 4 nitrogen and oxygen atoms in total. The van der Waals surface area contributed by atoms with Gasteiger partial charge in [0.15, 0.2) is 0 Å². The number of pyridine rings is 1. The molecule has 0 spiro atoms. The van der Waals surface area contributed by atoms with Crippen molar-refractivity contribution < 1.29 is 4.74 Å². The number of nitrogens with zero attached hydrogens (tertiary/aromatic N) is 2. The predicted octanol–water partition coefficient (Wildman–Crippen LogP) is 1.65. The Morgan fingerprint density at radius 3 is 2.83 bits per heavy atom. The molecule has 0 aliphatic rings. The zero-order valence-corrected chi connectivity index (χ0v) is 10.7. The fourth-order valence-corrected chi connectivity index (χ4v) is 2.07. The molecule has 0 aliphatic heterocycles. The van der Waals surface area contributed by atoms with Gasteiger partial charge < -0.3 is 15.4 Å². The number of benzene rings is 1. The van der Waals surface area contributed by atoms with Crippen LogP contribution in [0.1, 0.15) is 0 Å². The number of nitrogens with two attached hydrogens (primary N) is 1. The van der Waals surface area contributed by atoms with E-state index in [0.717, 1.165) is 24.0 Å². The molecule has 1 aromatic carbocycles. The van der Waals surface area contributed by atoms with Crippen molar-refractivity contribution in [2.24, 2.45) is 5.73 Å². The topological polar surface area (TPSA) is 51.4 Å². The van der Waals surface area contributed by atoms with Crippen LogP contribution in [0.15, 0.2) is 36.5 Å². The molecule has 18 heavy (non-hydrogen) atoms. The summed E-state index contributed by atoms with van der Waals surface area (Å²) in [6, 6.07) is 10.2. The number of hydrogen-bond acceptors (Lipinski definition) is 4.